The Bertz CT molecular complexity index is 418. The lowest BCUT2D eigenvalue weighted by molar-refractivity contribution is -0.137. The number of rotatable bonds is 5. The summed E-state index contributed by atoms with van der Waals surface area (Å²) in [5.74, 6) is -1.73. The van der Waals surface area contributed by atoms with Crippen LogP contribution >= 0.6 is 11.6 Å². The summed E-state index contributed by atoms with van der Waals surface area (Å²) in [6.07, 6.45) is 0.282. The van der Waals surface area contributed by atoms with E-state index in [2.05, 4.69) is 0 Å². The highest BCUT2D eigenvalue weighted by molar-refractivity contribution is 6.33. The van der Waals surface area contributed by atoms with Crippen molar-refractivity contribution in [3.63, 3.8) is 0 Å². The van der Waals surface area contributed by atoms with Crippen LogP contribution in [0.15, 0.2) is 18.2 Å². The molecule has 3 nitrogen and oxygen atoms in total. The van der Waals surface area contributed by atoms with Gasteiger partial charge in [0.2, 0.25) is 0 Å². The SMILES string of the molecule is O=C(O)CCCC(=O)c1ccc(F)cc1Cl. The number of hydrogen-bond donors (Lipinski definition) is 1. The number of carboxylic acids is 1. The van der Waals surface area contributed by atoms with Crippen molar-refractivity contribution in [2.45, 2.75) is 19.3 Å². The van der Waals surface area contributed by atoms with Crippen LogP contribution in [-0.4, -0.2) is 16.9 Å². The Morgan fingerprint density at radius 3 is 2.56 bits per heavy atom. The van der Waals surface area contributed by atoms with Crippen molar-refractivity contribution in [2.24, 2.45) is 0 Å². The summed E-state index contributed by atoms with van der Waals surface area (Å²) in [6.45, 7) is 0. The minimum atomic E-state index is -0.946. The molecule has 0 aliphatic carbocycles. The topological polar surface area (TPSA) is 54.4 Å². The second kappa shape index (κ2) is 5.61. The molecule has 0 amide bonds. The van der Waals surface area contributed by atoms with Gasteiger partial charge in [0.1, 0.15) is 5.82 Å². The van der Waals surface area contributed by atoms with Crippen molar-refractivity contribution in [2.75, 3.05) is 0 Å². The van der Waals surface area contributed by atoms with Gasteiger partial charge in [-0.25, -0.2) is 4.39 Å². The highest BCUT2D eigenvalue weighted by atomic mass is 35.5. The van der Waals surface area contributed by atoms with Crippen molar-refractivity contribution in [3.05, 3.63) is 34.6 Å². The molecule has 0 spiro atoms. The molecule has 1 N–H and O–H groups in total. The van der Waals surface area contributed by atoms with Crippen molar-refractivity contribution >= 4 is 23.4 Å². The first-order chi connectivity index (χ1) is 7.50. The number of Topliss-reactive ketones (excluding diaryl/α,β-unsaturated/α-hetero) is 1. The van der Waals surface area contributed by atoms with E-state index < -0.39 is 11.8 Å². The zero-order valence-electron chi connectivity index (χ0n) is 8.37. The van der Waals surface area contributed by atoms with Crippen molar-refractivity contribution in [1.82, 2.24) is 0 Å². The third-order valence-corrected chi connectivity index (χ3v) is 2.34. The molecule has 0 aliphatic heterocycles. The standard InChI is InChI=1S/C11H10ClFO3/c12-9-6-7(13)4-5-8(9)10(14)2-1-3-11(15)16/h4-6H,1-3H2,(H,15,16). The predicted octanol–water partition coefficient (Wildman–Crippen LogP) is 2.92. The zero-order valence-corrected chi connectivity index (χ0v) is 9.13. The van der Waals surface area contributed by atoms with Crippen LogP contribution in [0.5, 0.6) is 0 Å². The minimum Gasteiger partial charge on any atom is -0.481 e. The number of carbonyl (C=O) groups is 2. The molecule has 0 aromatic heterocycles. The van der Waals surface area contributed by atoms with E-state index in [4.69, 9.17) is 16.7 Å². The van der Waals surface area contributed by atoms with Gasteiger partial charge in [0.25, 0.3) is 0 Å². The van der Waals surface area contributed by atoms with E-state index >= 15 is 0 Å². The van der Waals surface area contributed by atoms with E-state index in [1.165, 1.54) is 6.07 Å². The molecular formula is C11H10ClFO3. The van der Waals surface area contributed by atoms with Crippen LogP contribution in [0.1, 0.15) is 29.6 Å². The molecular weight excluding hydrogens is 235 g/mol. The van der Waals surface area contributed by atoms with E-state index in [-0.39, 0.29) is 35.6 Å². The highest BCUT2D eigenvalue weighted by Crippen LogP contribution is 2.19. The Balaban J connectivity index is 2.63. The highest BCUT2D eigenvalue weighted by Gasteiger charge is 2.11. The normalized spacial score (nSPS) is 10.1. The van der Waals surface area contributed by atoms with E-state index in [0.29, 0.717) is 0 Å². The Hall–Kier alpha value is -1.42. The van der Waals surface area contributed by atoms with Gasteiger partial charge in [-0.3, -0.25) is 9.59 Å². The number of aliphatic carboxylic acids is 1. The molecule has 0 fully saturated rings. The van der Waals surface area contributed by atoms with Crippen molar-refractivity contribution in [3.8, 4) is 0 Å². The molecule has 5 heteroatoms. The molecule has 0 aliphatic rings. The van der Waals surface area contributed by atoms with Crippen LogP contribution in [0.3, 0.4) is 0 Å². The number of carbonyl (C=O) groups excluding carboxylic acids is 1. The molecule has 0 radical (unpaired) electrons. The number of hydrogen-bond acceptors (Lipinski definition) is 2. The molecule has 1 aromatic carbocycles. The van der Waals surface area contributed by atoms with Gasteiger partial charge in [0.05, 0.1) is 5.02 Å². The molecule has 86 valence electrons. The Morgan fingerprint density at radius 2 is 2.00 bits per heavy atom. The minimum absolute atomic E-state index is 0.0559. The Kier molecular flexibility index (Phi) is 4.43. The van der Waals surface area contributed by atoms with Crippen LogP contribution < -0.4 is 0 Å². The molecule has 1 rings (SSSR count). The second-order valence-corrected chi connectivity index (χ2v) is 3.70. The fourth-order valence-electron chi connectivity index (χ4n) is 1.25. The van der Waals surface area contributed by atoms with Crippen LogP contribution in [-0.2, 0) is 4.79 Å². The average Bonchev–Trinajstić information content (AvgIpc) is 2.16. The predicted molar refractivity (Wildman–Crippen MR) is 57.2 cm³/mol. The van der Waals surface area contributed by atoms with E-state index in [1.807, 2.05) is 0 Å². The summed E-state index contributed by atoms with van der Waals surface area (Å²) in [4.78, 5) is 21.8. The zero-order chi connectivity index (χ0) is 12.1. The molecule has 0 atom stereocenters. The van der Waals surface area contributed by atoms with Gasteiger partial charge in [0, 0.05) is 18.4 Å². The summed E-state index contributed by atoms with van der Waals surface area (Å²) >= 11 is 5.69. The maximum atomic E-state index is 12.7. The van der Waals surface area contributed by atoms with Gasteiger partial charge in [-0.15, -0.1) is 0 Å². The lowest BCUT2D eigenvalue weighted by Crippen LogP contribution is -2.02. The Labute approximate surface area is 96.8 Å². The molecule has 1 aromatic rings. The first-order valence-corrected chi connectivity index (χ1v) is 5.08. The quantitative estimate of drug-likeness (QED) is 0.811. The fraction of sp³-hybridized carbons (Fsp3) is 0.273. The maximum absolute atomic E-state index is 12.7. The molecule has 16 heavy (non-hydrogen) atoms. The van der Waals surface area contributed by atoms with Gasteiger partial charge in [0.15, 0.2) is 5.78 Å². The van der Waals surface area contributed by atoms with E-state index in [9.17, 15) is 14.0 Å². The molecule has 0 heterocycles. The number of halogens is 2. The molecule has 0 saturated heterocycles. The summed E-state index contributed by atoms with van der Waals surface area (Å²) in [5, 5.41) is 8.46. The summed E-state index contributed by atoms with van der Waals surface area (Å²) in [7, 11) is 0. The summed E-state index contributed by atoms with van der Waals surface area (Å²) < 4.78 is 12.7. The lowest BCUT2D eigenvalue weighted by Gasteiger charge is -2.02. The van der Waals surface area contributed by atoms with Crippen LogP contribution in [0.4, 0.5) is 4.39 Å². The number of carboxylic acid groups (broad SMARTS) is 1. The molecule has 0 bridgehead atoms. The van der Waals surface area contributed by atoms with Crippen LogP contribution in [0.2, 0.25) is 5.02 Å². The van der Waals surface area contributed by atoms with Gasteiger partial charge in [-0.2, -0.15) is 0 Å². The first-order valence-electron chi connectivity index (χ1n) is 4.70. The third kappa shape index (κ3) is 3.62. The monoisotopic (exact) mass is 244 g/mol. The third-order valence-electron chi connectivity index (χ3n) is 2.03. The van der Waals surface area contributed by atoms with Gasteiger partial charge in [-0.1, -0.05) is 11.6 Å². The van der Waals surface area contributed by atoms with Gasteiger partial charge >= 0.3 is 5.97 Å². The van der Waals surface area contributed by atoms with Crippen molar-refractivity contribution in [1.29, 1.82) is 0 Å². The van der Waals surface area contributed by atoms with Crippen LogP contribution in [0, 0.1) is 5.82 Å². The molecule has 0 unspecified atom stereocenters. The van der Waals surface area contributed by atoms with Gasteiger partial charge in [-0.05, 0) is 24.6 Å². The number of benzene rings is 1. The fourth-order valence-corrected chi connectivity index (χ4v) is 1.52. The Morgan fingerprint density at radius 1 is 1.31 bits per heavy atom. The molecule has 0 saturated carbocycles. The first kappa shape index (κ1) is 12.6. The smallest absolute Gasteiger partial charge is 0.303 e. The van der Waals surface area contributed by atoms with Crippen LogP contribution in [0.25, 0.3) is 0 Å². The van der Waals surface area contributed by atoms with E-state index in [0.717, 1.165) is 12.1 Å². The maximum Gasteiger partial charge on any atom is 0.303 e. The lowest BCUT2D eigenvalue weighted by atomic mass is 10.1. The number of ketones is 1. The second-order valence-electron chi connectivity index (χ2n) is 3.29. The largest absolute Gasteiger partial charge is 0.481 e. The van der Waals surface area contributed by atoms with E-state index in [1.54, 1.807) is 0 Å². The van der Waals surface area contributed by atoms with Gasteiger partial charge < -0.3 is 5.11 Å². The van der Waals surface area contributed by atoms with Crippen molar-refractivity contribution < 1.29 is 19.1 Å². The average molecular weight is 245 g/mol. The summed E-state index contributed by atoms with van der Waals surface area (Å²) in [6, 6.07) is 3.52. The summed E-state index contributed by atoms with van der Waals surface area (Å²) in [5.41, 5.74) is 0.230.